The van der Waals surface area contributed by atoms with Gasteiger partial charge in [0, 0.05) is 23.7 Å². The lowest BCUT2D eigenvalue weighted by molar-refractivity contribution is -0.122. The normalized spacial score (nSPS) is 15.9. The fourth-order valence-corrected chi connectivity index (χ4v) is 5.03. The zero-order chi connectivity index (χ0) is 22.9. The molecule has 0 spiro atoms. The quantitative estimate of drug-likeness (QED) is 0.445. The van der Waals surface area contributed by atoms with E-state index < -0.39 is 0 Å². The smallest absolute Gasteiger partial charge is 0.268 e. The molecule has 11 heteroatoms. The largest absolute Gasteiger partial charge is 0.376 e. The van der Waals surface area contributed by atoms with E-state index in [2.05, 4.69) is 20.4 Å². The van der Waals surface area contributed by atoms with E-state index in [9.17, 15) is 9.59 Å². The molecule has 4 aromatic rings. The number of rotatable bonds is 6. The van der Waals surface area contributed by atoms with Crippen molar-refractivity contribution >= 4 is 39.1 Å². The highest BCUT2D eigenvalue weighted by Gasteiger charge is 2.21. The van der Waals surface area contributed by atoms with Crippen molar-refractivity contribution in [3.8, 4) is 22.2 Å². The van der Waals surface area contributed by atoms with Gasteiger partial charge in [-0.15, -0.1) is 11.3 Å². The lowest BCUT2D eigenvalue weighted by Crippen LogP contribution is -2.36. The number of thiophene rings is 1. The molecule has 4 heterocycles. The number of amides is 1. The maximum atomic E-state index is 13.1. The van der Waals surface area contributed by atoms with E-state index in [-0.39, 0.29) is 24.1 Å². The number of hydrogen-bond acceptors (Lipinski definition) is 8. The van der Waals surface area contributed by atoms with Gasteiger partial charge in [-0.2, -0.15) is 4.98 Å². The third kappa shape index (κ3) is 4.41. The van der Waals surface area contributed by atoms with Crippen LogP contribution in [0.25, 0.3) is 32.4 Å². The first-order chi connectivity index (χ1) is 16.0. The van der Waals surface area contributed by atoms with Gasteiger partial charge in [-0.25, -0.2) is 4.98 Å². The van der Waals surface area contributed by atoms with Gasteiger partial charge in [-0.3, -0.25) is 14.2 Å². The number of benzene rings is 1. The summed E-state index contributed by atoms with van der Waals surface area (Å²) in [5.41, 5.74) is 1.12. The van der Waals surface area contributed by atoms with Gasteiger partial charge in [0.2, 0.25) is 11.7 Å². The van der Waals surface area contributed by atoms with Gasteiger partial charge >= 0.3 is 0 Å². The van der Waals surface area contributed by atoms with Gasteiger partial charge in [0.1, 0.15) is 11.4 Å². The molecule has 0 aliphatic carbocycles. The summed E-state index contributed by atoms with van der Waals surface area (Å²) in [6.07, 6.45) is 3.36. The third-order valence-electron chi connectivity index (χ3n) is 5.49. The Morgan fingerprint density at radius 2 is 2.27 bits per heavy atom. The number of aromatic nitrogens is 4. The van der Waals surface area contributed by atoms with E-state index in [0.29, 0.717) is 43.9 Å². The highest BCUT2D eigenvalue weighted by atomic mass is 35.5. The van der Waals surface area contributed by atoms with Crippen molar-refractivity contribution in [2.45, 2.75) is 32.4 Å². The Balaban J connectivity index is 1.40. The molecule has 0 unspecified atom stereocenters. The number of nitrogens with zero attached hydrogens (tertiary/aromatic N) is 4. The van der Waals surface area contributed by atoms with Crippen LogP contribution in [-0.4, -0.2) is 44.9 Å². The molecule has 1 N–H and O–H groups in total. The summed E-state index contributed by atoms with van der Waals surface area (Å²) in [5.74, 6) is 0.438. The first kappa shape index (κ1) is 21.7. The first-order valence-electron chi connectivity index (χ1n) is 10.5. The lowest BCUT2D eigenvalue weighted by Gasteiger charge is -2.11. The van der Waals surface area contributed by atoms with Gasteiger partial charge in [0.05, 0.1) is 22.7 Å². The zero-order valence-corrected chi connectivity index (χ0v) is 19.3. The van der Waals surface area contributed by atoms with Crippen LogP contribution in [0.15, 0.2) is 39.9 Å². The summed E-state index contributed by atoms with van der Waals surface area (Å²) >= 11 is 7.35. The van der Waals surface area contributed by atoms with Crippen LogP contribution in [0.5, 0.6) is 0 Å². The van der Waals surface area contributed by atoms with Gasteiger partial charge in [0.25, 0.3) is 11.4 Å². The molecular formula is C22H20ClN5O4S. The maximum Gasteiger partial charge on any atom is 0.268 e. The first-order valence-corrected chi connectivity index (χ1v) is 11.7. The van der Waals surface area contributed by atoms with E-state index in [0.717, 1.165) is 25.0 Å². The van der Waals surface area contributed by atoms with Crippen molar-refractivity contribution in [2.24, 2.45) is 0 Å². The molecule has 1 amide bonds. The molecule has 1 aliphatic rings. The number of nitrogens with one attached hydrogen (secondary N) is 1. The number of hydrogen-bond donors (Lipinski definition) is 1. The van der Waals surface area contributed by atoms with E-state index in [1.54, 1.807) is 12.1 Å². The molecule has 1 saturated heterocycles. The third-order valence-corrected chi connectivity index (χ3v) is 6.91. The predicted octanol–water partition coefficient (Wildman–Crippen LogP) is 3.43. The number of aryl methyl sites for hydroxylation is 1. The van der Waals surface area contributed by atoms with Crippen molar-refractivity contribution in [1.29, 1.82) is 0 Å². The van der Waals surface area contributed by atoms with Gasteiger partial charge < -0.3 is 14.6 Å². The average Bonchev–Trinajstić information content (AvgIpc) is 3.55. The molecule has 0 radical (unpaired) electrons. The molecule has 1 atom stereocenters. The fraction of sp³-hybridized carbons (Fsp3) is 0.318. The maximum absolute atomic E-state index is 13.1. The van der Waals surface area contributed by atoms with Crippen LogP contribution in [0.4, 0.5) is 0 Å². The Bertz CT molecular complexity index is 1390. The van der Waals surface area contributed by atoms with Crippen LogP contribution in [0.1, 0.15) is 18.4 Å². The average molecular weight is 486 g/mol. The second kappa shape index (κ2) is 9.05. The summed E-state index contributed by atoms with van der Waals surface area (Å²) in [6.45, 7) is 2.86. The van der Waals surface area contributed by atoms with Crippen LogP contribution in [-0.2, 0) is 16.1 Å². The van der Waals surface area contributed by atoms with Crippen LogP contribution in [0.2, 0.25) is 5.02 Å². The van der Waals surface area contributed by atoms with Crippen molar-refractivity contribution in [2.75, 3.05) is 13.2 Å². The molecule has 170 valence electrons. The van der Waals surface area contributed by atoms with Crippen LogP contribution in [0, 0.1) is 6.92 Å². The monoisotopic (exact) mass is 485 g/mol. The Hall–Kier alpha value is -3.08. The van der Waals surface area contributed by atoms with Crippen molar-refractivity contribution < 1.29 is 14.1 Å². The number of halogens is 1. The molecule has 9 nitrogen and oxygen atoms in total. The molecular weight excluding hydrogens is 466 g/mol. The summed E-state index contributed by atoms with van der Waals surface area (Å²) in [6, 6.07) is 7.16. The zero-order valence-electron chi connectivity index (χ0n) is 17.7. The van der Waals surface area contributed by atoms with Gasteiger partial charge in [-0.1, -0.05) is 28.9 Å². The minimum Gasteiger partial charge on any atom is -0.376 e. The summed E-state index contributed by atoms with van der Waals surface area (Å²) in [7, 11) is 0. The molecule has 1 fully saturated rings. The molecule has 3 aromatic heterocycles. The van der Waals surface area contributed by atoms with Gasteiger partial charge in [-0.05, 0) is 37.5 Å². The highest BCUT2D eigenvalue weighted by molar-refractivity contribution is 7.22. The predicted molar refractivity (Wildman–Crippen MR) is 124 cm³/mol. The number of ether oxygens (including phenoxy) is 1. The van der Waals surface area contributed by atoms with E-state index in [4.69, 9.17) is 20.9 Å². The number of carbonyl (C=O) groups is 1. The van der Waals surface area contributed by atoms with Gasteiger partial charge in [0.15, 0.2) is 0 Å². The minimum absolute atomic E-state index is 0.0409. The van der Waals surface area contributed by atoms with Crippen molar-refractivity contribution in [3.05, 3.63) is 51.5 Å². The summed E-state index contributed by atoms with van der Waals surface area (Å²) < 4.78 is 12.3. The topological polar surface area (TPSA) is 112 Å². The fourth-order valence-electron chi connectivity index (χ4n) is 3.78. The Morgan fingerprint density at radius 3 is 3.06 bits per heavy atom. The summed E-state index contributed by atoms with van der Waals surface area (Å²) in [4.78, 5) is 35.5. The minimum atomic E-state index is -0.290. The van der Waals surface area contributed by atoms with Crippen molar-refractivity contribution in [3.63, 3.8) is 0 Å². The van der Waals surface area contributed by atoms with Crippen molar-refractivity contribution in [1.82, 2.24) is 25.0 Å². The number of fused-ring (bicyclic) bond motifs is 1. The highest BCUT2D eigenvalue weighted by Crippen LogP contribution is 2.35. The summed E-state index contributed by atoms with van der Waals surface area (Å²) in [5, 5.41) is 7.88. The molecule has 0 bridgehead atoms. The van der Waals surface area contributed by atoms with Crippen LogP contribution in [0.3, 0.4) is 0 Å². The standard InChI is InChI=1S/C22H20ClN5O4S/c1-12-17-21(25-11-28(22(17)30)10-16(29)24-9-15-6-3-7-31-15)33-18(12)20-26-19(27-32-20)13-4-2-5-14(23)8-13/h2,4-5,8,11,15H,3,6-7,9-10H2,1H3,(H,24,29)/t15-/m1/s1. The Morgan fingerprint density at radius 1 is 1.39 bits per heavy atom. The second-order valence-corrected chi connectivity index (χ2v) is 9.22. The number of carbonyl (C=O) groups excluding carboxylic acids is 1. The Labute approximate surface area is 197 Å². The Kier molecular flexibility index (Phi) is 5.96. The molecule has 33 heavy (non-hydrogen) atoms. The van der Waals surface area contributed by atoms with E-state index >= 15 is 0 Å². The van der Waals surface area contributed by atoms with Crippen LogP contribution >= 0.6 is 22.9 Å². The SMILES string of the molecule is Cc1c(-c2nc(-c3cccc(Cl)c3)no2)sc2ncn(CC(=O)NC[C@H]3CCCO3)c(=O)c12. The van der Waals surface area contributed by atoms with E-state index in [1.807, 2.05) is 19.1 Å². The molecule has 1 aromatic carbocycles. The second-order valence-electron chi connectivity index (χ2n) is 7.79. The molecule has 5 rings (SSSR count). The molecule has 1 aliphatic heterocycles. The molecule has 0 saturated carbocycles. The van der Waals surface area contributed by atoms with Crippen LogP contribution < -0.4 is 10.9 Å². The van der Waals surface area contributed by atoms with E-state index in [1.165, 1.54) is 22.2 Å². The lowest BCUT2D eigenvalue weighted by atomic mass is 10.2.